The Morgan fingerprint density at radius 2 is 2.00 bits per heavy atom. The predicted molar refractivity (Wildman–Crippen MR) is 132 cm³/mol. The Morgan fingerprint density at radius 3 is 2.54 bits per heavy atom. The lowest BCUT2D eigenvalue weighted by Gasteiger charge is -2.25. The van der Waals surface area contributed by atoms with E-state index >= 15 is 0 Å². The van der Waals surface area contributed by atoms with Crippen LogP contribution >= 0.6 is 11.3 Å². The molecule has 0 unspecified atom stereocenters. The van der Waals surface area contributed by atoms with E-state index in [-0.39, 0.29) is 18.0 Å². The first kappa shape index (κ1) is 29.6. The molecule has 1 aliphatic heterocycles. The summed E-state index contributed by atoms with van der Waals surface area (Å²) in [5, 5.41) is 8.77. The number of hydrogen-bond acceptors (Lipinski definition) is 5. The van der Waals surface area contributed by atoms with E-state index in [1.165, 1.54) is 41.2 Å². The summed E-state index contributed by atoms with van der Waals surface area (Å²) in [7, 11) is 0. The van der Waals surface area contributed by atoms with Gasteiger partial charge in [-0.15, -0.1) is 11.3 Å². The third-order valence-corrected chi connectivity index (χ3v) is 5.71. The number of rotatable bonds is 4. The van der Waals surface area contributed by atoms with Gasteiger partial charge in [0.15, 0.2) is 0 Å². The van der Waals surface area contributed by atoms with Crippen molar-refractivity contribution in [3.05, 3.63) is 75.4 Å². The second kappa shape index (κ2) is 14.1. The zero-order valence-corrected chi connectivity index (χ0v) is 20.6. The topological polar surface area (TPSA) is 82.5 Å². The highest BCUT2D eigenvalue weighted by atomic mass is 32.1. The SMILES string of the molecule is C=CC(=O)N1CCc2cc(C#N)sc2C1.CC.CCN=C/C(=C(\N)C(F)(F)F)c1ccccc1F. The minimum absolute atomic E-state index is 0.0347. The number of carbonyl (C=O) groups excluding carboxylic acids is 1. The summed E-state index contributed by atoms with van der Waals surface area (Å²) in [6, 6.07) is 9.18. The number of aliphatic imine (C=N–C) groups is 1. The molecule has 0 aliphatic carbocycles. The summed E-state index contributed by atoms with van der Waals surface area (Å²) in [4.78, 5) is 18.7. The van der Waals surface area contributed by atoms with Crippen molar-refractivity contribution in [1.82, 2.24) is 4.90 Å². The monoisotopic (exact) mass is 508 g/mol. The average molecular weight is 509 g/mol. The van der Waals surface area contributed by atoms with Gasteiger partial charge in [-0.05, 0) is 37.1 Å². The van der Waals surface area contributed by atoms with Gasteiger partial charge in [-0.3, -0.25) is 9.79 Å². The number of carbonyl (C=O) groups is 1. The molecule has 0 fully saturated rings. The molecule has 1 aromatic carbocycles. The van der Waals surface area contributed by atoms with Crippen LogP contribution in [0, 0.1) is 17.1 Å². The van der Waals surface area contributed by atoms with Crippen LogP contribution in [0.4, 0.5) is 17.6 Å². The van der Waals surface area contributed by atoms with Crippen LogP contribution in [-0.2, 0) is 17.8 Å². The molecule has 0 bridgehead atoms. The summed E-state index contributed by atoms with van der Waals surface area (Å²) < 4.78 is 51.2. The van der Waals surface area contributed by atoms with Crippen LogP contribution in [0.2, 0.25) is 0 Å². The van der Waals surface area contributed by atoms with E-state index < -0.39 is 23.3 Å². The van der Waals surface area contributed by atoms with Crippen molar-refractivity contribution < 1.29 is 22.4 Å². The van der Waals surface area contributed by atoms with Gasteiger partial charge in [-0.1, -0.05) is 38.6 Å². The van der Waals surface area contributed by atoms with E-state index in [1.54, 1.807) is 11.8 Å². The second-order valence-corrected chi connectivity index (χ2v) is 7.95. The number of alkyl halides is 3. The number of hydrogen-bond donors (Lipinski definition) is 1. The Kier molecular flexibility index (Phi) is 11.9. The van der Waals surface area contributed by atoms with E-state index in [9.17, 15) is 22.4 Å². The van der Waals surface area contributed by atoms with Crippen molar-refractivity contribution in [3.63, 3.8) is 0 Å². The molecule has 5 nitrogen and oxygen atoms in total. The smallest absolute Gasteiger partial charge is 0.394 e. The van der Waals surface area contributed by atoms with Crippen LogP contribution in [0.1, 0.15) is 41.7 Å². The molecule has 2 heterocycles. The minimum Gasteiger partial charge on any atom is -0.394 e. The zero-order chi connectivity index (χ0) is 26.6. The molecule has 0 saturated heterocycles. The van der Waals surface area contributed by atoms with Crippen molar-refractivity contribution in [2.24, 2.45) is 10.7 Å². The molecule has 188 valence electrons. The first-order valence-corrected chi connectivity index (χ1v) is 11.7. The Hall–Kier alpha value is -3.45. The Bertz CT molecular complexity index is 1110. The molecule has 1 aliphatic rings. The quantitative estimate of drug-likeness (QED) is 0.319. The molecule has 35 heavy (non-hydrogen) atoms. The van der Waals surface area contributed by atoms with Crippen LogP contribution in [0.25, 0.3) is 5.57 Å². The van der Waals surface area contributed by atoms with E-state index in [2.05, 4.69) is 17.6 Å². The van der Waals surface area contributed by atoms with Crippen molar-refractivity contribution in [2.75, 3.05) is 13.1 Å². The van der Waals surface area contributed by atoms with Crippen molar-refractivity contribution in [1.29, 1.82) is 5.26 Å². The van der Waals surface area contributed by atoms with Crippen molar-refractivity contribution >= 4 is 29.0 Å². The molecule has 0 saturated carbocycles. The van der Waals surface area contributed by atoms with Gasteiger partial charge in [-0.25, -0.2) is 4.39 Å². The van der Waals surface area contributed by atoms with Crippen LogP contribution < -0.4 is 5.73 Å². The molecule has 2 N–H and O–H groups in total. The molecule has 0 atom stereocenters. The highest BCUT2D eigenvalue weighted by Gasteiger charge is 2.34. The van der Waals surface area contributed by atoms with E-state index in [0.29, 0.717) is 6.54 Å². The van der Waals surface area contributed by atoms with E-state index in [4.69, 9.17) is 11.0 Å². The summed E-state index contributed by atoms with van der Waals surface area (Å²) in [6.45, 7) is 10.7. The number of nitrogens with two attached hydrogens (primary N) is 1. The standard InChI is InChI=1S/C12H12F4N2.C11H10N2OS.C2H6/c1-2-18-7-9(11(17)12(14,15)16)8-5-3-4-6-10(8)13;1-2-11(14)13-4-3-8-5-9(6-12)15-10(8)7-13;1-2/h3-7H,2,17H2,1H3;2,5H,1,3-4,7H2;1-2H3/b11-9+,18-7?;;. The molecule has 3 rings (SSSR count). The summed E-state index contributed by atoms with van der Waals surface area (Å²) in [6.07, 6.45) is -1.60. The minimum atomic E-state index is -4.72. The first-order valence-electron chi connectivity index (χ1n) is 10.9. The molecule has 0 spiro atoms. The van der Waals surface area contributed by atoms with Gasteiger partial charge in [0, 0.05) is 35.3 Å². The van der Waals surface area contributed by atoms with Crippen LogP contribution in [0.3, 0.4) is 0 Å². The number of benzene rings is 1. The fraction of sp³-hybridized carbons (Fsp3) is 0.320. The van der Waals surface area contributed by atoms with Gasteiger partial charge in [0.05, 0.1) is 6.54 Å². The Balaban J connectivity index is 0.000000331. The number of fused-ring (bicyclic) bond motifs is 1. The lowest BCUT2D eigenvalue weighted by Crippen LogP contribution is -2.33. The second-order valence-electron chi connectivity index (χ2n) is 6.82. The molecule has 1 aromatic heterocycles. The van der Waals surface area contributed by atoms with Gasteiger partial charge in [0.1, 0.15) is 22.5 Å². The van der Waals surface area contributed by atoms with E-state index in [0.717, 1.165) is 35.0 Å². The van der Waals surface area contributed by atoms with Gasteiger partial charge in [0.25, 0.3) is 0 Å². The fourth-order valence-corrected chi connectivity index (χ4v) is 4.02. The number of allylic oxidation sites excluding steroid dienone is 2. The number of halogens is 4. The summed E-state index contributed by atoms with van der Waals surface area (Å²) in [5.74, 6) is -0.810. The van der Waals surface area contributed by atoms with Gasteiger partial charge < -0.3 is 10.6 Å². The Morgan fingerprint density at radius 1 is 1.34 bits per heavy atom. The molecule has 0 radical (unpaired) electrons. The highest BCUT2D eigenvalue weighted by molar-refractivity contribution is 7.12. The van der Waals surface area contributed by atoms with Gasteiger partial charge in [0.2, 0.25) is 5.91 Å². The zero-order valence-electron chi connectivity index (χ0n) is 19.8. The van der Waals surface area contributed by atoms with Gasteiger partial charge >= 0.3 is 6.18 Å². The number of amides is 1. The van der Waals surface area contributed by atoms with Crippen molar-refractivity contribution in [2.45, 2.75) is 39.9 Å². The lowest BCUT2D eigenvalue weighted by molar-refractivity contribution is -0.126. The maximum atomic E-state index is 13.5. The maximum absolute atomic E-state index is 13.5. The third-order valence-electron chi connectivity index (χ3n) is 4.64. The summed E-state index contributed by atoms with van der Waals surface area (Å²) >= 11 is 1.48. The molecular weight excluding hydrogens is 480 g/mol. The summed E-state index contributed by atoms with van der Waals surface area (Å²) in [5.41, 5.74) is 4.22. The Labute approximate surface area is 206 Å². The molecular formula is C25H28F4N4OS. The fourth-order valence-electron chi connectivity index (χ4n) is 2.99. The van der Waals surface area contributed by atoms with Crippen LogP contribution in [0.15, 0.2) is 53.7 Å². The highest BCUT2D eigenvalue weighted by Crippen LogP contribution is 2.29. The normalized spacial score (nSPS) is 13.4. The molecule has 10 heteroatoms. The maximum Gasteiger partial charge on any atom is 0.431 e. The molecule has 2 aromatic rings. The third kappa shape index (κ3) is 8.37. The van der Waals surface area contributed by atoms with Gasteiger partial charge in [-0.2, -0.15) is 18.4 Å². The first-order chi connectivity index (χ1) is 16.6. The molecule has 1 amide bonds. The van der Waals surface area contributed by atoms with Crippen LogP contribution in [0.5, 0.6) is 0 Å². The lowest BCUT2D eigenvalue weighted by atomic mass is 10.0. The average Bonchev–Trinajstić information content (AvgIpc) is 3.28. The largest absolute Gasteiger partial charge is 0.431 e. The van der Waals surface area contributed by atoms with Crippen LogP contribution in [-0.4, -0.2) is 36.3 Å². The van der Waals surface area contributed by atoms with E-state index in [1.807, 2.05) is 19.9 Å². The predicted octanol–water partition coefficient (Wildman–Crippen LogP) is 5.87. The number of nitrogens with zero attached hydrogens (tertiary/aromatic N) is 3. The number of nitriles is 1. The van der Waals surface area contributed by atoms with Crippen molar-refractivity contribution in [3.8, 4) is 6.07 Å². The number of thiophene rings is 1.